The number of rotatable bonds is 2. The summed E-state index contributed by atoms with van der Waals surface area (Å²) >= 11 is 0. The lowest BCUT2D eigenvalue weighted by Crippen LogP contribution is -1.99. The van der Waals surface area contributed by atoms with E-state index in [4.69, 9.17) is 5.73 Å². The fourth-order valence-corrected chi connectivity index (χ4v) is 1.32. The van der Waals surface area contributed by atoms with Crippen molar-refractivity contribution < 1.29 is 0 Å². The summed E-state index contributed by atoms with van der Waals surface area (Å²) in [7, 11) is 1.88. The molecule has 0 bridgehead atoms. The molecular weight excluding hydrogens is 160 g/mol. The van der Waals surface area contributed by atoms with Crippen LogP contribution in [-0.2, 0) is 0 Å². The SMILES string of the molecule is C/C=C/c1ccc(NC)c(N)c1C. The van der Waals surface area contributed by atoms with E-state index in [-0.39, 0.29) is 0 Å². The highest BCUT2D eigenvalue weighted by Gasteiger charge is 2.02. The first kappa shape index (κ1) is 9.65. The molecule has 0 fully saturated rings. The first-order chi connectivity index (χ1) is 6.20. The molecule has 70 valence electrons. The fraction of sp³-hybridized carbons (Fsp3) is 0.273. The second-order valence-electron chi connectivity index (χ2n) is 2.99. The van der Waals surface area contributed by atoms with Crippen molar-refractivity contribution in [3.63, 3.8) is 0 Å². The number of anilines is 2. The minimum Gasteiger partial charge on any atom is -0.397 e. The van der Waals surface area contributed by atoms with E-state index in [1.54, 1.807) is 0 Å². The van der Waals surface area contributed by atoms with Gasteiger partial charge in [-0.05, 0) is 31.0 Å². The third-order valence-corrected chi connectivity index (χ3v) is 2.17. The van der Waals surface area contributed by atoms with E-state index in [0.29, 0.717) is 0 Å². The summed E-state index contributed by atoms with van der Waals surface area (Å²) in [5.74, 6) is 0. The Morgan fingerprint density at radius 3 is 2.62 bits per heavy atom. The predicted molar refractivity (Wildman–Crippen MR) is 59.8 cm³/mol. The van der Waals surface area contributed by atoms with Gasteiger partial charge in [-0.1, -0.05) is 18.2 Å². The number of nitrogens with two attached hydrogens (primary N) is 1. The van der Waals surface area contributed by atoms with E-state index in [2.05, 4.69) is 17.5 Å². The van der Waals surface area contributed by atoms with Gasteiger partial charge in [0.05, 0.1) is 11.4 Å². The highest BCUT2D eigenvalue weighted by molar-refractivity contribution is 5.75. The summed E-state index contributed by atoms with van der Waals surface area (Å²) in [4.78, 5) is 0. The Balaban J connectivity index is 3.22. The van der Waals surface area contributed by atoms with Gasteiger partial charge in [-0.2, -0.15) is 0 Å². The monoisotopic (exact) mass is 176 g/mol. The number of nitrogen functional groups attached to an aromatic ring is 1. The van der Waals surface area contributed by atoms with Gasteiger partial charge in [-0.3, -0.25) is 0 Å². The van der Waals surface area contributed by atoms with Crippen LogP contribution in [0.3, 0.4) is 0 Å². The van der Waals surface area contributed by atoms with Gasteiger partial charge >= 0.3 is 0 Å². The summed E-state index contributed by atoms with van der Waals surface area (Å²) in [6.07, 6.45) is 4.08. The van der Waals surface area contributed by atoms with Crippen LogP contribution in [0.15, 0.2) is 18.2 Å². The Morgan fingerprint density at radius 2 is 2.08 bits per heavy atom. The summed E-state index contributed by atoms with van der Waals surface area (Å²) < 4.78 is 0. The molecule has 3 N–H and O–H groups in total. The Morgan fingerprint density at radius 1 is 1.38 bits per heavy atom. The third kappa shape index (κ3) is 1.83. The van der Waals surface area contributed by atoms with Crippen molar-refractivity contribution in [1.29, 1.82) is 0 Å². The molecule has 0 aliphatic rings. The molecule has 0 heterocycles. The van der Waals surface area contributed by atoms with E-state index in [1.807, 2.05) is 33.0 Å². The van der Waals surface area contributed by atoms with Crippen LogP contribution in [0.25, 0.3) is 6.08 Å². The second-order valence-corrected chi connectivity index (χ2v) is 2.99. The molecule has 0 radical (unpaired) electrons. The van der Waals surface area contributed by atoms with Crippen molar-refractivity contribution in [3.8, 4) is 0 Å². The maximum atomic E-state index is 5.93. The second kappa shape index (κ2) is 3.99. The lowest BCUT2D eigenvalue weighted by atomic mass is 10.1. The highest BCUT2D eigenvalue weighted by atomic mass is 14.8. The minimum absolute atomic E-state index is 0.832. The molecule has 0 saturated carbocycles. The average Bonchev–Trinajstić information content (AvgIpc) is 2.14. The van der Waals surface area contributed by atoms with Gasteiger partial charge in [0, 0.05) is 7.05 Å². The molecule has 1 aromatic rings. The minimum atomic E-state index is 0.832. The normalized spacial score (nSPS) is 10.7. The van der Waals surface area contributed by atoms with Crippen molar-refractivity contribution in [2.45, 2.75) is 13.8 Å². The number of allylic oxidation sites excluding steroid dienone is 1. The van der Waals surface area contributed by atoms with E-state index in [9.17, 15) is 0 Å². The standard InChI is InChI=1S/C11H16N2/c1-4-5-9-6-7-10(13-3)11(12)8(9)2/h4-7,13H,12H2,1-3H3/b5-4+. The van der Waals surface area contributed by atoms with Gasteiger partial charge in [0.1, 0.15) is 0 Å². The van der Waals surface area contributed by atoms with E-state index in [0.717, 1.165) is 16.9 Å². The molecule has 0 spiro atoms. The zero-order valence-electron chi connectivity index (χ0n) is 8.39. The van der Waals surface area contributed by atoms with Crippen molar-refractivity contribution in [2.75, 3.05) is 18.1 Å². The van der Waals surface area contributed by atoms with Crippen LogP contribution in [0.5, 0.6) is 0 Å². The first-order valence-electron chi connectivity index (χ1n) is 4.40. The zero-order valence-corrected chi connectivity index (χ0v) is 8.39. The van der Waals surface area contributed by atoms with Crippen molar-refractivity contribution in [1.82, 2.24) is 0 Å². The summed E-state index contributed by atoms with van der Waals surface area (Å²) in [6.45, 7) is 4.03. The summed E-state index contributed by atoms with van der Waals surface area (Å²) in [5.41, 5.74) is 10.1. The van der Waals surface area contributed by atoms with Gasteiger partial charge in [0.15, 0.2) is 0 Å². The van der Waals surface area contributed by atoms with Crippen LogP contribution in [-0.4, -0.2) is 7.05 Å². The number of benzene rings is 1. The molecule has 1 rings (SSSR count). The summed E-state index contributed by atoms with van der Waals surface area (Å²) in [6, 6.07) is 4.06. The molecule has 0 atom stereocenters. The topological polar surface area (TPSA) is 38.0 Å². The number of hydrogen-bond donors (Lipinski definition) is 2. The molecule has 0 amide bonds. The maximum Gasteiger partial charge on any atom is 0.0585 e. The van der Waals surface area contributed by atoms with Crippen LogP contribution in [0, 0.1) is 6.92 Å². The average molecular weight is 176 g/mol. The molecule has 2 heteroatoms. The Bertz CT molecular complexity index is 327. The van der Waals surface area contributed by atoms with E-state index < -0.39 is 0 Å². The van der Waals surface area contributed by atoms with Gasteiger partial charge in [-0.25, -0.2) is 0 Å². The molecular formula is C11H16N2. The summed E-state index contributed by atoms with van der Waals surface area (Å²) in [5, 5.41) is 3.06. The van der Waals surface area contributed by atoms with Crippen LogP contribution in [0.1, 0.15) is 18.1 Å². The van der Waals surface area contributed by atoms with E-state index in [1.165, 1.54) is 5.56 Å². The smallest absolute Gasteiger partial charge is 0.0585 e. The lowest BCUT2D eigenvalue weighted by molar-refractivity contribution is 1.41. The highest BCUT2D eigenvalue weighted by Crippen LogP contribution is 2.25. The Hall–Kier alpha value is -1.44. The number of nitrogens with one attached hydrogen (secondary N) is 1. The van der Waals surface area contributed by atoms with Gasteiger partial charge in [0.2, 0.25) is 0 Å². The molecule has 0 aliphatic heterocycles. The Kier molecular flexibility index (Phi) is 2.96. The van der Waals surface area contributed by atoms with Crippen LogP contribution in [0.2, 0.25) is 0 Å². The molecule has 13 heavy (non-hydrogen) atoms. The molecule has 0 aliphatic carbocycles. The fourth-order valence-electron chi connectivity index (χ4n) is 1.32. The predicted octanol–water partition coefficient (Wildman–Crippen LogP) is 2.65. The van der Waals surface area contributed by atoms with Crippen LogP contribution >= 0.6 is 0 Å². The molecule has 0 aromatic heterocycles. The van der Waals surface area contributed by atoms with Crippen molar-refractivity contribution in [3.05, 3.63) is 29.3 Å². The van der Waals surface area contributed by atoms with Gasteiger partial charge < -0.3 is 11.1 Å². The molecule has 1 aromatic carbocycles. The van der Waals surface area contributed by atoms with E-state index >= 15 is 0 Å². The van der Waals surface area contributed by atoms with Crippen LogP contribution < -0.4 is 11.1 Å². The Labute approximate surface area is 79.5 Å². The van der Waals surface area contributed by atoms with Crippen LogP contribution in [0.4, 0.5) is 11.4 Å². The molecule has 0 saturated heterocycles. The molecule has 2 nitrogen and oxygen atoms in total. The van der Waals surface area contributed by atoms with Crippen molar-refractivity contribution >= 4 is 17.5 Å². The van der Waals surface area contributed by atoms with Gasteiger partial charge in [0.25, 0.3) is 0 Å². The molecule has 0 unspecified atom stereocenters. The quantitative estimate of drug-likeness (QED) is 0.680. The third-order valence-electron chi connectivity index (χ3n) is 2.17. The number of hydrogen-bond acceptors (Lipinski definition) is 2. The lowest BCUT2D eigenvalue weighted by Gasteiger charge is -2.10. The zero-order chi connectivity index (χ0) is 9.84. The largest absolute Gasteiger partial charge is 0.397 e. The first-order valence-corrected chi connectivity index (χ1v) is 4.40. The van der Waals surface area contributed by atoms with Gasteiger partial charge in [-0.15, -0.1) is 0 Å². The maximum absolute atomic E-state index is 5.93. The van der Waals surface area contributed by atoms with Crippen molar-refractivity contribution in [2.24, 2.45) is 0 Å².